The maximum absolute atomic E-state index is 12.5. The van der Waals surface area contributed by atoms with Crippen molar-refractivity contribution in [3.05, 3.63) is 28.0 Å². The fraction of sp³-hybridized carbons (Fsp3) is 0.250. The average molecular weight is 256 g/mol. The van der Waals surface area contributed by atoms with E-state index in [2.05, 4.69) is 4.98 Å². The molecule has 0 radical (unpaired) electrons. The predicted molar refractivity (Wildman–Crippen MR) is 50.7 cm³/mol. The van der Waals surface area contributed by atoms with Crippen molar-refractivity contribution in [2.24, 2.45) is 0 Å². The number of carbonyl (C=O) groups is 1. The van der Waals surface area contributed by atoms with Crippen LogP contribution in [0.5, 0.6) is 0 Å². The van der Waals surface area contributed by atoms with E-state index >= 15 is 0 Å². The smallest absolute Gasteiger partial charge is 0.337 e. The Morgan fingerprint density at radius 1 is 1.60 bits per heavy atom. The third-order valence-corrected chi connectivity index (χ3v) is 2.38. The molecular formula is C8H5Cl2F2NO2. The summed E-state index contributed by atoms with van der Waals surface area (Å²) in [4.78, 5) is 14.2. The highest BCUT2D eigenvalue weighted by molar-refractivity contribution is 6.33. The van der Waals surface area contributed by atoms with E-state index in [-0.39, 0.29) is 16.6 Å². The van der Waals surface area contributed by atoms with Crippen LogP contribution in [0.15, 0.2) is 6.20 Å². The highest BCUT2D eigenvalue weighted by atomic mass is 35.5. The van der Waals surface area contributed by atoms with Gasteiger partial charge in [0.25, 0.3) is 6.43 Å². The molecule has 0 aromatic carbocycles. The molecule has 0 bridgehead atoms. The molecule has 0 aliphatic heterocycles. The highest BCUT2D eigenvalue weighted by Gasteiger charge is 2.24. The quantitative estimate of drug-likeness (QED) is 0.845. The van der Waals surface area contributed by atoms with Gasteiger partial charge in [-0.1, -0.05) is 11.6 Å². The van der Waals surface area contributed by atoms with Crippen molar-refractivity contribution >= 4 is 29.2 Å². The number of alkyl halides is 3. The lowest BCUT2D eigenvalue weighted by molar-refractivity contribution is 0.0684. The lowest BCUT2D eigenvalue weighted by Crippen LogP contribution is -2.07. The third kappa shape index (κ3) is 2.35. The standard InChI is InChI=1S/C8H5Cl2F2NO2/c9-1-4-6(10)5(7(11)12)3(2-13-4)8(14)15/h2,7H,1H2,(H,14,15). The van der Waals surface area contributed by atoms with Gasteiger partial charge in [0.1, 0.15) is 0 Å². The van der Waals surface area contributed by atoms with Crippen LogP contribution in [0.25, 0.3) is 0 Å². The molecule has 7 heteroatoms. The van der Waals surface area contributed by atoms with E-state index in [0.29, 0.717) is 0 Å². The van der Waals surface area contributed by atoms with Crippen LogP contribution in [0.4, 0.5) is 8.78 Å². The van der Waals surface area contributed by atoms with Gasteiger partial charge in [-0.05, 0) is 0 Å². The van der Waals surface area contributed by atoms with Crippen molar-refractivity contribution in [1.82, 2.24) is 4.98 Å². The zero-order chi connectivity index (χ0) is 11.6. The number of hydrogen-bond acceptors (Lipinski definition) is 2. The third-order valence-electron chi connectivity index (χ3n) is 1.70. The topological polar surface area (TPSA) is 50.2 Å². The summed E-state index contributed by atoms with van der Waals surface area (Å²) in [6.45, 7) is 0. The molecule has 0 saturated carbocycles. The van der Waals surface area contributed by atoms with Crippen molar-refractivity contribution < 1.29 is 18.7 Å². The molecule has 3 nitrogen and oxygen atoms in total. The molecule has 0 aliphatic rings. The van der Waals surface area contributed by atoms with Crippen LogP contribution in [0.1, 0.15) is 28.0 Å². The van der Waals surface area contributed by atoms with E-state index in [1.54, 1.807) is 0 Å². The number of pyridine rings is 1. The van der Waals surface area contributed by atoms with E-state index in [1.165, 1.54) is 0 Å². The minimum absolute atomic E-state index is 0.0404. The van der Waals surface area contributed by atoms with Gasteiger partial charge in [-0.2, -0.15) is 0 Å². The van der Waals surface area contributed by atoms with Crippen molar-refractivity contribution in [2.45, 2.75) is 12.3 Å². The summed E-state index contributed by atoms with van der Waals surface area (Å²) in [6.07, 6.45) is -2.15. The van der Waals surface area contributed by atoms with Crippen molar-refractivity contribution in [2.75, 3.05) is 0 Å². The molecular weight excluding hydrogens is 251 g/mol. The van der Waals surface area contributed by atoms with Gasteiger partial charge in [-0.25, -0.2) is 13.6 Å². The Balaban J connectivity index is 3.44. The van der Waals surface area contributed by atoms with Crippen LogP contribution < -0.4 is 0 Å². The van der Waals surface area contributed by atoms with E-state index in [9.17, 15) is 13.6 Å². The number of hydrogen-bond donors (Lipinski definition) is 1. The second-order valence-corrected chi connectivity index (χ2v) is 3.23. The van der Waals surface area contributed by atoms with Crippen LogP contribution in [0.2, 0.25) is 5.02 Å². The zero-order valence-electron chi connectivity index (χ0n) is 7.18. The number of carboxylic acid groups (broad SMARTS) is 1. The van der Waals surface area contributed by atoms with Crippen LogP contribution in [0.3, 0.4) is 0 Å². The molecule has 0 spiro atoms. The minimum Gasteiger partial charge on any atom is -0.478 e. The highest BCUT2D eigenvalue weighted by Crippen LogP contribution is 2.32. The largest absolute Gasteiger partial charge is 0.478 e. The lowest BCUT2D eigenvalue weighted by Gasteiger charge is -2.09. The van der Waals surface area contributed by atoms with Gasteiger partial charge in [-0.15, -0.1) is 11.6 Å². The Bertz CT molecular complexity index is 398. The molecule has 82 valence electrons. The molecule has 1 aromatic rings. The average Bonchev–Trinajstić information content (AvgIpc) is 2.16. The monoisotopic (exact) mass is 255 g/mol. The van der Waals surface area contributed by atoms with Gasteiger partial charge in [0.2, 0.25) is 0 Å². The van der Waals surface area contributed by atoms with Crippen molar-refractivity contribution in [3.63, 3.8) is 0 Å². The summed E-state index contributed by atoms with van der Waals surface area (Å²) in [5.74, 6) is -1.65. The summed E-state index contributed by atoms with van der Waals surface area (Å²) in [5.41, 5.74) is -1.31. The first-order valence-corrected chi connectivity index (χ1v) is 4.65. The summed E-state index contributed by atoms with van der Waals surface area (Å²) in [6, 6.07) is 0. The minimum atomic E-state index is -2.98. The normalized spacial score (nSPS) is 10.7. The Hall–Kier alpha value is -0.940. The molecule has 1 heterocycles. The Labute approximate surface area is 93.6 Å². The first-order valence-electron chi connectivity index (χ1n) is 3.73. The molecule has 15 heavy (non-hydrogen) atoms. The zero-order valence-corrected chi connectivity index (χ0v) is 8.69. The number of halogens is 4. The Kier molecular flexibility index (Phi) is 3.82. The second-order valence-electron chi connectivity index (χ2n) is 2.59. The number of aromatic nitrogens is 1. The summed E-state index contributed by atoms with van der Waals surface area (Å²) in [5, 5.41) is 8.25. The first-order chi connectivity index (χ1) is 6.99. The SMILES string of the molecule is O=C(O)c1cnc(CCl)c(Cl)c1C(F)F. The summed E-state index contributed by atoms with van der Waals surface area (Å²) in [7, 11) is 0. The van der Waals surface area contributed by atoms with E-state index < -0.39 is 23.5 Å². The van der Waals surface area contributed by atoms with Gasteiger partial charge >= 0.3 is 5.97 Å². The molecule has 0 unspecified atom stereocenters. The van der Waals surface area contributed by atoms with Crippen LogP contribution in [0, 0.1) is 0 Å². The molecule has 0 aliphatic carbocycles. The second kappa shape index (κ2) is 4.72. The molecule has 1 aromatic heterocycles. The van der Waals surface area contributed by atoms with Gasteiger partial charge in [0.15, 0.2) is 0 Å². The van der Waals surface area contributed by atoms with Crippen LogP contribution >= 0.6 is 23.2 Å². The molecule has 1 rings (SSSR count). The van der Waals surface area contributed by atoms with Gasteiger partial charge in [0, 0.05) is 6.20 Å². The Morgan fingerprint density at radius 2 is 2.20 bits per heavy atom. The maximum atomic E-state index is 12.5. The van der Waals surface area contributed by atoms with Crippen molar-refractivity contribution in [3.8, 4) is 0 Å². The maximum Gasteiger partial charge on any atom is 0.337 e. The van der Waals surface area contributed by atoms with Crippen LogP contribution in [-0.2, 0) is 5.88 Å². The van der Waals surface area contributed by atoms with Crippen molar-refractivity contribution in [1.29, 1.82) is 0 Å². The van der Waals surface area contributed by atoms with E-state index in [1.807, 2.05) is 0 Å². The number of aromatic carboxylic acids is 1. The first kappa shape index (κ1) is 12.1. The Morgan fingerprint density at radius 3 is 2.60 bits per heavy atom. The summed E-state index contributed by atoms with van der Waals surface area (Å²) < 4.78 is 25.1. The lowest BCUT2D eigenvalue weighted by atomic mass is 10.1. The van der Waals surface area contributed by atoms with E-state index in [4.69, 9.17) is 28.3 Å². The van der Waals surface area contributed by atoms with Gasteiger partial charge in [0.05, 0.1) is 27.7 Å². The number of nitrogens with zero attached hydrogens (tertiary/aromatic N) is 1. The number of rotatable bonds is 3. The molecule has 0 amide bonds. The van der Waals surface area contributed by atoms with Gasteiger partial charge in [-0.3, -0.25) is 4.98 Å². The fourth-order valence-corrected chi connectivity index (χ4v) is 1.59. The molecule has 0 atom stereocenters. The van der Waals surface area contributed by atoms with Gasteiger partial charge < -0.3 is 5.11 Å². The number of carboxylic acids is 1. The fourth-order valence-electron chi connectivity index (χ4n) is 1.02. The predicted octanol–water partition coefficient (Wildman–Crippen LogP) is 3.11. The molecule has 1 N–H and O–H groups in total. The van der Waals surface area contributed by atoms with E-state index in [0.717, 1.165) is 6.20 Å². The summed E-state index contributed by atoms with van der Waals surface area (Å²) >= 11 is 11.0. The van der Waals surface area contributed by atoms with Crippen LogP contribution in [-0.4, -0.2) is 16.1 Å². The molecule has 0 saturated heterocycles. The molecule has 0 fully saturated rings.